The highest BCUT2D eigenvalue weighted by Gasteiger charge is 2.15. The van der Waals surface area contributed by atoms with E-state index in [9.17, 15) is 4.79 Å². The van der Waals surface area contributed by atoms with Gasteiger partial charge in [0.05, 0.1) is 17.5 Å². The van der Waals surface area contributed by atoms with Crippen LogP contribution in [-0.2, 0) is 7.05 Å². The molecule has 2 aromatic heterocycles. The van der Waals surface area contributed by atoms with Crippen molar-refractivity contribution in [2.45, 2.75) is 4.83 Å². The summed E-state index contributed by atoms with van der Waals surface area (Å²) < 4.78 is 11.9. The zero-order valence-corrected chi connectivity index (χ0v) is 13.3. The van der Waals surface area contributed by atoms with E-state index < -0.39 is 0 Å². The number of thiophene rings is 1. The number of methoxy groups -OCH3 is 1. The Bertz CT molecular complexity index is 817. The Morgan fingerprint density at radius 2 is 2.20 bits per heavy atom. The van der Waals surface area contributed by atoms with E-state index in [-0.39, 0.29) is 10.6 Å². The van der Waals surface area contributed by atoms with Crippen LogP contribution in [0.1, 0.15) is 15.3 Å². The van der Waals surface area contributed by atoms with Crippen molar-refractivity contribution in [2.24, 2.45) is 7.05 Å². The molecule has 104 valence electrons. The second-order valence-electron chi connectivity index (χ2n) is 4.41. The third-order valence-electron chi connectivity index (χ3n) is 3.19. The molecule has 0 aliphatic rings. The number of fused-ring (bicyclic) bond motifs is 1. The molecular weight excluding hydrogens is 342 g/mol. The molecular formula is C14H12BrNO3S. The Hall–Kier alpha value is -1.53. The molecule has 0 saturated carbocycles. The van der Waals surface area contributed by atoms with Crippen LogP contribution in [0.3, 0.4) is 0 Å². The van der Waals surface area contributed by atoms with Crippen molar-refractivity contribution in [3.63, 3.8) is 0 Å². The summed E-state index contributed by atoms with van der Waals surface area (Å²) in [4.78, 5) is 12.7. The maximum Gasteiger partial charge on any atom is 0.419 e. The molecule has 0 saturated heterocycles. The molecule has 0 aliphatic heterocycles. The monoisotopic (exact) mass is 353 g/mol. The Labute approximate surface area is 127 Å². The summed E-state index contributed by atoms with van der Waals surface area (Å²) in [5.41, 5.74) is 2.43. The van der Waals surface area contributed by atoms with Crippen LogP contribution in [0, 0.1) is 0 Å². The van der Waals surface area contributed by atoms with Crippen LogP contribution >= 0.6 is 27.3 Å². The van der Waals surface area contributed by atoms with Gasteiger partial charge in [-0.15, -0.1) is 11.3 Å². The molecule has 0 radical (unpaired) electrons. The molecule has 0 bridgehead atoms. The van der Waals surface area contributed by atoms with E-state index in [1.54, 1.807) is 25.5 Å². The van der Waals surface area contributed by atoms with E-state index in [1.165, 1.54) is 4.57 Å². The van der Waals surface area contributed by atoms with Crippen molar-refractivity contribution >= 4 is 38.4 Å². The van der Waals surface area contributed by atoms with Gasteiger partial charge in [0.2, 0.25) is 0 Å². The van der Waals surface area contributed by atoms with Gasteiger partial charge in [-0.2, -0.15) is 0 Å². The van der Waals surface area contributed by atoms with Crippen LogP contribution in [-0.4, -0.2) is 11.7 Å². The summed E-state index contributed by atoms with van der Waals surface area (Å²) in [5, 5.41) is 1.96. The molecule has 1 atom stereocenters. The molecule has 4 nitrogen and oxygen atoms in total. The lowest BCUT2D eigenvalue weighted by Gasteiger charge is -2.07. The second-order valence-corrected chi connectivity index (χ2v) is 6.26. The zero-order chi connectivity index (χ0) is 14.3. The van der Waals surface area contributed by atoms with E-state index >= 15 is 0 Å². The summed E-state index contributed by atoms with van der Waals surface area (Å²) in [5.74, 6) is 0.503. The number of oxazole rings is 1. The van der Waals surface area contributed by atoms with E-state index in [0.29, 0.717) is 5.58 Å². The van der Waals surface area contributed by atoms with Crippen molar-refractivity contribution in [1.29, 1.82) is 0 Å². The minimum Gasteiger partial charge on any atom is -0.496 e. The molecule has 3 rings (SSSR count). The highest BCUT2D eigenvalue weighted by atomic mass is 79.9. The lowest BCUT2D eigenvalue weighted by atomic mass is 10.1. The minimum absolute atomic E-state index is 0.0475. The Morgan fingerprint density at radius 3 is 2.90 bits per heavy atom. The number of hydrogen-bond donors (Lipinski definition) is 0. The van der Waals surface area contributed by atoms with Crippen LogP contribution in [0.5, 0.6) is 5.75 Å². The number of hydrogen-bond acceptors (Lipinski definition) is 4. The number of benzene rings is 1. The first-order chi connectivity index (χ1) is 9.60. The quantitative estimate of drug-likeness (QED) is 0.674. The van der Waals surface area contributed by atoms with E-state index in [0.717, 1.165) is 21.7 Å². The van der Waals surface area contributed by atoms with Crippen LogP contribution in [0.15, 0.2) is 38.9 Å². The number of ether oxygens (including phenoxy) is 1. The standard InChI is InChI=1S/C14H12BrNO3S/c1-16-10-4-3-8(5-11(10)19-14(16)17)13(15)12-6-9(18-2)7-20-12/h3-7,13H,1-2H3. The smallest absolute Gasteiger partial charge is 0.419 e. The fourth-order valence-corrected chi connectivity index (χ4v) is 3.64. The molecule has 3 aromatic rings. The van der Waals surface area contributed by atoms with Gasteiger partial charge in [-0.25, -0.2) is 4.79 Å². The van der Waals surface area contributed by atoms with Gasteiger partial charge < -0.3 is 9.15 Å². The highest BCUT2D eigenvalue weighted by molar-refractivity contribution is 9.09. The molecule has 0 fully saturated rings. The van der Waals surface area contributed by atoms with Gasteiger partial charge >= 0.3 is 5.76 Å². The van der Waals surface area contributed by atoms with Crippen LogP contribution in [0.25, 0.3) is 11.1 Å². The first kappa shape index (κ1) is 13.5. The van der Waals surface area contributed by atoms with Gasteiger partial charge in [0.1, 0.15) is 5.75 Å². The largest absolute Gasteiger partial charge is 0.496 e. The molecule has 2 heterocycles. The summed E-state index contributed by atoms with van der Waals surface area (Å²) in [6, 6.07) is 7.77. The number of aromatic nitrogens is 1. The highest BCUT2D eigenvalue weighted by Crippen LogP contribution is 2.37. The predicted molar refractivity (Wildman–Crippen MR) is 83.1 cm³/mol. The third kappa shape index (κ3) is 2.19. The van der Waals surface area contributed by atoms with Gasteiger partial charge in [-0.1, -0.05) is 22.0 Å². The fraction of sp³-hybridized carbons (Fsp3) is 0.214. The van der Waals surface area contributed by atoms with Gasteiger partial charge in [0.15, 0.2) is 5.58 Å². The van der Waals surface area contributed by atoms with Crippen molar-refractivity contribution in [2.75, 3.05) is 7.11 Å². The normalized spacial score (nSPS) is 12.8. The molecule has 6 heteroatoms. The molecule has 0 spiro atoms. The topological polar surface area (TPSA) is 44.4 Å². The first-order valence-electron chi connectivity index (χ1n) is 5.96. The van der Waals surface area contributed by atoms with E-state index in [2.05, 4.69) is 15.9 Å². The summed E-state index contributed by atoms with van der Waals surface area (Å²) in [6.07, 6.45) is 0. The lowest BCUT2D eigenvalue weighted by Crippen LogP contribution is -2.08. The number of alkyl halides is 1. The average molecular weight is 354 g/mol. The maximum absolute atomic E-state index is 11.5. The van der Waals surface area contributed by atoms with Crippen LogP contribution in [0.4, 0.5) is 0 Å². The summed E-state index contributed by atoms with van der Waals surface area (Å²) >= 11 is 5.30. The Kier molecular flexibility index (Phi) is 3.43. The molecule has 0 amide bonds. The van der Waals surface area contributed by atoms with E-state index in [4.69, 9.17) is 9.15 Å². The lowest BCUT2D eigenvalue weighted by molar-refractivity contribution is 0.416. The molecule has 0 aliphatic carbocycles. The van der Waals surface area contributed by atoms with Gasteiger partial charge in [-0.05, 0) is 23.8 Å². The first-order valence-corrected chi connectivity index (χ1v) is 7.75. The average Bonchev–Trinajstić information content (AvgIpc) is 3.04. The van der Waals surface area contributed by atoms with Gasteiger partial charge in [-0.3, -0.25) is 4.57 Å². The van der Waals surface area contributed by atoms with Crippen molar-refractivity contribution in [3.8, 4) is 5.75 Å². The van der Waals surface area contributed by atoms with Gasteiger partial charge in [0, 0.05) is 17.3 Å². The Morgan fingerprint density at radius 1 is 1.40 bits per heavy atom. The van der Waals surface area contributed by atoms with Gasteiger partial charge in [0.25, 0.3) is 0 Å². The van der Waals surface area contributed by atoms with Crippen molar-refractivity contribution in [1.82, 2.24) is 4.57 Å². The molecule has 1 aromatic carbocycles. The van der Waals surface area contributed by atoms with Crippen molar-refractivity contribution in [3.05, 3.63) is 50.6 Å². The molecule has 1 unspecified atom stereocenters. The van der Waals surface area contributed by atoms with Crippen LogP contribution in [0.2, 0.25) is 0 Å². The Balaban J connectivity index is 2.03. The molecule has 20 heavy (non-hydrogen) atoms. The number of nitrogens with zero attached hydrogens (tertiary/aromatic N) is 1. The van der Waals surface area contributed by atoms with Crippen LogP contribution < -0.4 is 10.5 Å². The zero-order valence-electron chi connectivity index (χ0n) is 10.9. The molecule has 0 N–H and O–H groups in total. The number of rotatable bonds is 3. The summed E-state index contributed by atoms with van der Waals surface area (Å²) in [6.45, 7) is 0. The third-order valence-corrected chi connectivity index (χ3v) is 5.49. The number of halogens is 1. The minimum atomic E-state index is -0.346. The SMILES string of the molecule is COc1csc(C(Br)c2ccc3c(c2)oc(=O)n3C)c1. The predicted octanol–water partition coefficient (Wildman–Crippen LogP) is 3.69. The number of aryl methyl sites for hydroxylation is 1. The fourth-order valence-electron chi connectivity index (χ4n) is 2.05. The second kappa shape index (κ2) is 5.10. The van der Waals surface area contributed by atoms with E-state index in [1.807, 2.05) is 29.6 Å². The summed E-state index contributed by atoms with van der Waals surface area (Å²) in [7, 11) is 3.35. The maximum atomic E-state index is 11.5. The van der Waals surface area contributed by atoms with Crippen molar-refractivity contribution < 1.29 is 9.15 Å².